The minimum Gasteiger partial charge on any atom is -0.467 e. The summed E-state index contributed by atoms with van der Waals surface area (Å²) in [5.41, 5.74) is 0.959. The van der Waals surface area contributed by atoms with Crippen molar-refractivity contribution in [2.45, 2.75) is 52.3 Å². The van der Waals surface area contributed by atoms with Crippen molar-refractivity contribution in [3.05, 3.63) is 47.3 Å². The van der Waals surface area contributed by atoms with Gasteiger partial charge in [-0.15, -0.1) is 0 Å². The fraction of sp³-hybridized carbons (Fsp3) is 0.471. The van der Waals surface area contributed by atoms with Crippen LogP contribution in [0.15, 0.2) is 33.3 Å². The molecule has 126 valence electrons. The molecule has 0 aliphatic rings. The number of urea groups is 1. The van der Waals surface area contributed by atoms with Crippen LogP contribution in [-0.2, 0) is 0 Å². The van der Waals surface area contributed by atoms with Crippen LogP contribution in [0.5, 0.6) is 0 Å². The zero-order valence-corrected chi connectivity index (χ0v) is 13.9. The summed E-state index contributed by atoms with van der Waals surface area (Å²) in [6.07, 6.45) is 1.15. The Morgan fingerprint density at radius 1 is 1.30 bits per heavy atom. The summed E-state index contributed by atoms with van der Waals surface area (Å²) in [5, 5.41) is 15.7. The summed E-state index contributed by atoms with van der Waals surface area (Å²) in [7, 11) is 0. The second-order valence-corrected chi connectivity index (χ2v) is 5.88. The Hall–Kier alpha value is -2.21. The predicted molar refractivity (Wildman–Crippen MR) is 86.0 cm³/mol. The maximum absolute atomic E-state index is 12.1. The number of rotatable bonds is 6. The third-order valence-corrected chi connectivity index (χ3v) is 3.72. The lowest BCUT2D eigenvalue weighted by Crippen LogP contribution is -2.42. The number of aliphatic hydroxyl groups excluding tert-OH is 1. The monoisotopic (exact) mass is 320 g/mol. The molecular formula is C17H24N2O4. The molecule has 6 nitrogen and oxygen atoms in total. The molecule has 2 amide bonds. The number of hydrogen-bond donors (Lipinski definition) is 3. The van der Waals surface area contributed by atoms with E-state index in [1.165, 1.54) is 6.26 Å². The maximum atomic E-state index is 12.1. The van der Waals surface area contributed by atoms with E-state index in [1.54, 1.807) is 12.1 Å². The van der Waals surface area contributed by atoms with Crippen LogP contribution in [0.4, 0.5) is 4.79 Å². The van der Waals surface area contributed by atoms with Crippen LogP contribution in [0.25, 0.3) is 0 Å². The van der Waals surface area contributed by atoms with Crippen LogP contribution in [-0.4, -0.2) is 17.2 Å². The second-order valence-electron chi connectivity index (χ2n) is 5.88. The molecule has 0 aromatic carbocycles. The van der Waals surface area contributed by atoms with Crippen LogP contribution in [0.1, 0.15) is 55.3 Å². The van der Waals surface area contributed by atoms with Gasteiger partial charge in [0, 0.05) is 18.0 Å². The van der Waals surface area contributed by atoms with E-state index >= 15 is 0 Å². The molecule has 2 aromatic heterocycles. The van der Waals surface area contributed by atoms with E-state index in [4.69, 9.17) is 8.83 Å². The summed E-state index contributed by atoms with van der Waals surface area (Å²) in [6.45, 7) is 7.49. The van der Waals surface area contributed by atoms with Gasteiger partial charge in [0.1, 0.15) is 23.4 Å². The molecule has 0 unspecified atom stereocenters. The molecule has 2 heterocycles. The minimum atomic E-state index is -0.739. The lowest BCUT2D eigenvalue weighted by atomic mass is 10.1. The fourth-order valence-electron chi connectivity index (χ4n) is 2.61. The maximum Gasteiger partial charge on any atom is 0.315 e. The molecule has 2 aromatic rings. The summed E-state index contributed by atoms with van der Waals surface area (Å²) in [4.78, 5) is 12.1. The summed E-state index contributed by atoms with van der Waals surface area (Å²) in [5.74, 6) is 2.12. The molecule has 3 N–H and O–H groups in total. The molecule has 0 fully saturated rings. The van der Waals surface area contributed by atoms with Gasteiger partial charge in [0.05, 0.1) is 12.3 Å². The van der Waals surface area contributed by atoms with E-state index in [9.17, 15) is 9.90 Å². The van der Waals surface area contributed by atoms with Gasteiger partial charge in [0.2, 0.25) is 0 Å². The van der Waals surface area contributed by atoms with Crippen molar-refractivity contribution in [1.82, 2.24) is 10.6 Å². The predicted octanol–water partition coefficient (Wildman–Crippen LogP) is 3.36. The molecule has 0 saturated carbocycles. The zero-order chi connectivity index (χ0) is 17.0. The first-order valence-electron chi connectivity index (χ1n) is 7.72. The Labute approximate surface area is 135 Å². The number of hydrogen-bond acceptors (Lipinski definition) is 4. The molecule has 0 aliphatic heterocycles. The first-order chi connectivity index (χ1) is 10.9. The number of carbonyl (C=O) groups excluding carboxylic acids is 1. The molecule has 0 aliphatic carbocycles. The highest BCUT2D eigenvalue weighted by Crippen LogP contribution is 2.21. The Morgan fingerprint density at radius 3 is 2.61 bits per heavy atom. The summed E-state index contributed by atoms with van der Waals surface area (Å²) >= 11 is 0. The highest BCUT2D eigenvalue weighted by molar-refractivity contribution is 5.74. The molecule has 23 heavy (non-hydrogen) atoms. The average Bonchev–Trinajstić information content (AvgIpc) is 3.07. The first-order valence-corrected chi connectivity index (χ1v) is 7.72. The largest absolute Gasteiger partial charge is 0.467 e. The van der Waals surface area contributed by atoms with Crippen LogP contribution in [0.2, 0.25) is 0 Å². The normalized spacial score (nSPS) is 15.0. The van der Waals surface area contributed by atoms with Crippen LogP contribution in [0, 0.1) is 13.8 Å². The van der Waals surface area contributed by atoms with Crippen LogP contribution in [0.3, 0.4) is 0 Å². The van der Waals surface area contributed by atoms with E-state index < -0.39 is 6.10 Å². The van der Waals surface area contributed by atoms with E-state index in [0.29, 0.717) is 12.2 Å². The molecule has 0 spiro atoms. The fourth-order valence-corrected chi connectivity index (χ4v) is 2.61. The zero-order valence-electron chi connectivity index (χ0n) is 13.9. The van der Waals surface area contributed by atoms with Crippen molar-refractivity contribution in [3.63, 3.8) is 0 Å². The molecule has 2 rings (SSSR count). The first kappa shape index (κ1) is 17.1. The Balaban J connectivity index is 1.83. The summed E-state index contributed by atoms with van der Waals surface area (Å²) in [6, 6.07) is 4.72. The Morgan fingerprint density at radius 2 is 2.04 bits per heavy atom. The van der Waals surface area contributed by atoms with Gasteiger partial charge in [-0.1, -0.05) is 0 Å². The van der Waals surface area contributed by atoms with Crippen molar-refractivity contribution >= 4 is 6.03 Å². The van der Waals surface area contributed by atoms with Gasteiger partial charge in [-0.05, 0) is 45.9 Å². The highest BCUT2D eigenvalue weighted by atomic mass is 16.4. The van der Waals surface area contributed by atoms with Crippen molar-refractivity contribution in [2.75, 3.05) is 0 Å². The SMILES string of the molecule is Cc1cc([C@H](C)NC(=O)N[C@H](C)C[C@H](O)c2ccco2)c(C)o1. The Bertz CT molecular complexity index is 633. The van der Waals surface area contributed by atoms with Gasteiger partial charge in [0.25, 0.3) is 0 Å². The number of amides is 2. The highest BCUT2D eigenvalue weighted by Gasteiger charge is 2.19. The van der Waals surface area contributed by atoms with E-state index in [-0.39, 0.29) is 18.1 Å². The summed E-state index contributed by atoms with van der Waals surface area (Å²) < 4.78 is 10.6. The van der Waals surface area contributed by atoms with Crippen molar-refractivity contribution < 1.29 is 18.7 Å². The number of aliphatic hydroxyl groups is 1. The van der Waals surface area contributed by atoms with Crippen molar-refractivity contribution in [2.24, 2.45) is 0 Å². The third kappa shape index (κ3) is 4.63. The van der Waals surface area contributed by atoms with E-state index in [1.807, 2.05) is 33.8 Å². The molecule has 6 heteroatoms. The van der Waals surface area contributed by atoms with Gasteiger partial charge >= 0.3 is 6.03 Å². The lowest BCUT2D eigenvalue weighted by Gasteiger charge is -2.19. The van der Waals surface area contributed by atoms with Gasteiger partial charge in [0.15, 0.2) is 0 Å². The van der Waals surface area contributed by atoms with Crippen LogP contribution >= 0.6 is 0 Å². The van der Waals surface area contributed by atoms with Crippen molar-refractivity contribution in [1.29, 1.82) is 0 Å². The molecular weight excluding hydrogens is 296 g/mol. The lowest BCUT2D eigenvalue weighted by molar-refractivity contribution is 0.129. The molecule has 0 radical (unpaired) electrons. The van der Waals surface area contributed by atoms with Gasteiger partial charge in [-0.2, -0.15) is 0 Å². The van der Waals surface area contributed by atoms with E-state index in [2.05, 4.69) is 10.6 Å². The quantitative estimate of drug-likeness (QED) is 0.761. The topological polar surface area (TPSA) is 87.6 Å². The minimum absolute atomic E-state index is 0.158. The smallest absolute Gasteiger partial charge is 0.315 e. The molecule has 0 bridgehead atoms. The van der Waals surface area contributed by atoms with Gasteiger partial charge in [-0.3, -0.25) is 0 Å². The number of nitrogens with one attached hydrogen (secondary N) is 2. The van der Waals surface area contributed by atoms with Crippen LogP contribution < -0.4 is 10.6 Å². The number of aryl methyl sites for hydroxylation is 2. The number of furan rings is 2. The average molecular weight is 320 g/mol. The van der Waals surface area contributed by atoms with Crippen molar-refractivity contribution in [3.8, 4) is 0 Å². The molecule has 0 saturated heterocycles. The number of carbonyl (C=O) groups is 1. The van der Waals surface area contributed by atoms with E-state index in [0.717, 1.165) is 17.1 Å². The van der Waals surface area contributed by atoms with Gasteiger partial charge < -0.3 is 24.6 Å². The van der Waals surface area contributed by atoms with Gasteiger partial charge in [-0.25, -0.2) is 4.79 Å². The standard InChI is InChI=1S/C17H24N2O4/c1-10(8-15(20)16-6-5-7-22-16)18-17(21)19-12(3)14-9-11(2)23-13(14)4/h5-7,9-10,12,15,20H,8H2,1-4H3,(H2,18,19,21)/t10-,12+,15+/m1/s1. The third-order valence-electron chi connectivity index (χ3n) is 3.72. The second kappa shape index (κ2) is 7.37. The molecule has 3 atom stereocenters. The Kier molecular flexibility index (Phi) is 5.50.